The predicted octanol–water partition coefficient (Wildman–Crippen LogP) is 2.47. The van der Waals surface area contributed by atoms with Gasteiger partial charge in [-0.15, -0.1) is 0 Å². The minimum absolute atomic E-state index is 0.337. The molecule has 1 N–H and O–H groups in total. The fourth-order valence-electron chi connectivity index (χ4n) is 2.46. The molecule has 6 heteroatoms. The Morgan fingerprint density at radius 3 is 2.50 bits per heavy atom. The lowest BCUT2D eigenvalue weighted by Crippen LogP contribution is -2.33. The van der Waals surface area contributed by atoms with Crippen molar-refractivity contribution in [2.75, 3.05) is 25.0 Å². The van der Waals surface area contributed by atoms with Crippen LogP contribution in [-0.4, -0.2) is 37.3 Å². The first-order valence-electron chi connectivity index (χ1n) is 7.34. The Kier molecular flexibility index (Phi) is 5.37. The molecule has 1 aromatic rings. The molecule has 0 unspecified atom stereocenters. The number of anilines is 1. The monoisotopic (exact) mass is 297 g/mol. The molecule has 112 valence electrons. The van der Waals surface area contributed by atoms with Crippen molar-refractivity contribution in [3.63, 3.8) is 0 Å². The van der Waals surface area contributed by atoms with E-state index in [2.05, 4.69) is 10.3 Å². The van der Waals surface area contributed by atoms with E-state index in [0.717, 1.165) is 32.2 Å². The van der Waals surface area contributed by atoms with E-state index in [1.54, 1.807) is 22.6 Å². The first-order valence-corrected chi connectivity index (χ1v) is 8.78. The zero-order chi connectivity index (χ0) is 14.4. The number of pyridine rings is 1. The van der Waals surface area contributed by atoms with E-state index in [0.29, 0.717) is 23.8 Å². The molecular weight excluding hydrogens is 274 g/mol. The molecule has 0 radical (unpaired) electrons. The topological polar surface area (TPSA) is 62.3 Å². The van der Waals surface area contributed by atoms with Gasteiger partial charge in [0.1, 0.15) is 5.82 Å². The van der Waals surface area contributed by atoms with Crippen molar-refractivity contribution in [2.24, 2.45) is 0 Å². The number of aromatic nitrogens is 1. The molecular formula is C14H23N3O2S. The average molecular weight is 297 g/mol. The smallest absolute Gasteiger partial charge is 0.243 e. The Hall–Kier alpha value is -1.14. The number of rotatable bonds is 4. The average Bonchev–Trinajstić information content (AvgIpc) is 2.38. The summed E-state index contributed by atoms with van der Waals surface area (Å²) < 4.78 is 27.0. The summed E-state index contributed by atoms with van der Waals surface area (Å²) in [6, 6.07) is 3.20. The van der Waals surface area contributed by atoms with E-state index in [4.69, 9.17) is 0 Å². The van der Waals surface area contributed by atoms with Crippen LogP contribution in [-0.2, 0) is 10.0 Å². The Morgan fingerprint density at radius 1 is 1.20 bits per heavy atom. The second-order valence-corrected chi connectivity index (χ2v) is 7.02. The van der Waals surface area contributed by atoms with Gasteiger partial charge in [-0.2, -0.15) is 4.31 Å². The summed E-state index contributed by atoms with van der Waals surface area (Å²) in [5, 5.41) is 3.05. The van der Waals surface area contributed by atoms with Crippen molar-refractivity contribution in [3.8, 4) is 0 Å². The van der Waals surface area contributed by atoms with Gasteiger partial charge in [-0.25, -0.2) is 13.4 Å². The maximum absolute atomic E-state index is 12.7. The lowest BCUT2D eigenvalue weighted by Gasteiger charge is -2.24. The van der Waals surface area contributed by atoms with Crippen molar-refractivity contribution in [3.05, 3.63) is 18.3 Å². The van der Waals surface area contributed by atoms with Crippen LogP contribution < -0.4 is 5.32 Å². The van der Waals surface area contributed by atoms with Gasteiger partial charge in [0.05, 0.1) is 4.90 Å². The van der Waals surface area contributed by atoms with Gasteiger partial charge in [0.15, 0.2) is 0 Å². The molecule has 1 aromatic heterocycles. The summed E-state index contributed by atoms with van der Waals surface area (Å²) in [4.78, 5) is 4.46. The number of hydrogen-bond acceptors (Lipinski definition) is 4. The van der Waals surface area contributed by atoms with E-state index in [1.165, 1.54) is 6.42 Å². The second-order valence-electron chi connectivity index (χ2n) is 5.08. The van der Waals surface area contributed by atoms with Crippen molar-refractivity contribution in [1.29, 1.82) is 0 Å². The lowest BCUT2D eigenvalue weighted by molar-refractivity contribution is 0.364. The maximum atomic E-state index is 12.7. The molecule has 0 saturated carbocycles. The number of nitrogens with one attached hydrogen (secondary N) is 1. The third-order valence-electron chi connectivity index (χ3n) is 3.54. The van der Waals surface area contributed by atoms with E-state index in [-0.39, 0.29) is 0 Å². The van der Waals surface area contributed by atoms with E-state index < -0.39 is 10.0 Å². The van der Waals surface area contributed by atoms with Crippen LogP contribution in [0.5, 0.6) is 0 Å². The van der Waals surface area contributed by atoms with Gasteiger partial charge in [0.2, 0.25) is 10.0 Å². The molecule has 1 saturated heterocycles. The molecule has 1 aliphatic rings. The van der Waals surface area contributed by atoms with Crippen LogP contribution in [0.1, 0.15) is 39.0 Å². The standard InChI is InChI=1S/C14H23N3O2S/c1-2-15-14-12-13(8-9-16-14)20(18,19)17-10-6-4-3-5-7-11-17/h8-9,12H,2-7,10-11H2,1H3,(H,15,16). The van der Waals surface area contributed by atoms with Gasteiger partial charge in [-0.05, 0) is 25.8 Å². The third kappa shape index (κ3) is 3.70. The van der Waals surface area contributed by atoms with Gasteiger partial charge in [-0.1, -0.05) is 19.3 Å². The van der Waals surface area contributed by atoms with Gasteiger partial charge in [-0.3, -0.25) is 0 Å². The van der Waals surface area contributed by atoms with Gasteiger partial charge in [0.25, 0.3) is 0 Å². The molecule has 0 aliphatic carbocycles. The summed E-state index contributed by atoms with van der Waals surface area (Å²) in [6.07, 6.45) is 6.90. The normalized spacial score (nSPS) is 18.2. The maximum Gasteiger partial charge on any atom is 0.243 e. The number of nitrogens with zero attached hydrogens (tertiary/aromatic N) is 2. The van der Waals surface area contributed by atoms with Gasteiger partial charge >= 0.3 is 0 Å². The Bertz CT molecular complexity index is 523. The van der Waals surface area contributed by atoms with E-state index in [9.17, 15) is 8.42 Å². The summed E-state index contributed by atoms with van der Waals surface area (Å²) >= 11 is 0. The van der Waals surface area contributed by atoms with Crippen molar-refractivity contribution in [2.45, 2.75) is 43.9 Å². The molecule has 0 aromatic carbocycles. The van der Waals surface area contributed by atoms with Crippen LogP contribution >= 0.6 is 0 Å². The molecule has 20 heavy (non-hydrogen) atoms. The predicted molar refractivity (Wildman–Crippen MR) is 80.2 cm³/mol. The highest BCUT2D eigenvalue weighted by Gasteiger charge is 2.24. The van der Waals surface area contributed by atoms with Crippen LogP contribution in [0.15, 0.2) is 23.2 Å². The highest BCUT2D eigenvalue weighted by atomic mass is 32.2. The third-order valence-corrected chi connectivity index (χ3v) is 5.44. The molecule has 1 fully saturated rings. The van der Waals surface area contributed by atoms with Crippen LogP contribution in [0.4, 0.5) is 5.82 Å². The molecule has 0 bridgehead atoms. The number of sulfonamides is 1. The molecule has 2 heterocycles. The molecule has 2 rings (SSSR count). The largest absolute Gasteiger partial charge is 0.370 e. The number of hydrogen-bond donors (Lipinski definition) is 1. The highest BCUT2D eigenvalue weighted by molar-refractivity contribution is 7.89. The highest BCUT2D eigenvalue weighted by Crippen LogP contribution is 2.21. The quantitative estimate of drug-likeness (QED) is 0.927. The fourth-order valence-corrected chi connectivity index (χ4v) is 3.99. The Morgan fingerprint density at radius 2 is 1.85 bits per heavy atom. The molecule has 0 atom stereocenters. The van der Waals surface area contributed by atoms with Crippen molar-refractivity contribution < 1.29 is 8.42 Å². The Balaban J connectivity index is 2.21. The minimum Gasteiger partial charge on any atom is -0.370 e. The van der Waals surface area contributed by atoms with Crippen LogP contribution in [0.25, 0.3) is 0 Å². The zero-order valence-corrected chi connectivity index (χ0v) is 12.8. The fraction of sp³-hybridized carbons (Fsp3) is 0.643. The SMILES string of the molecule is CCNc1cc(S(=O)(=O)N2CCCCCCC2)ccn1. The van der Waals surface area contributed by atoms with Crippen molar-refractivity contribution in [1.82, 2.24) is 9.29 Å². The Labute approximate surface area is 121 Å². The van der Waals surface area contributed by atoms with E-state index >= 15 is 0 Å². The molecule has 5 nitrogen and oxygen atoms in total. The van der Waals surface area contributed by atoms with Gasteiger partial charge in [0, 0.05) is 31.9 Å². The van der Waals surface area contributed by atoms with Crippen LogP contribution in [0, 0.1) is 0 Å². The zero-order valence-electron chi connectivity index (χ0n) is 12.0. The van der Waals surface area contributed by atoms with Crippen molar-refractivity contribution >= 4 is 15.8 Å². The summed E-state index contributed by atoms with van der Waals surface area (Å²) in [7, 11) is -3.39. The first kappa shape index (κ1) is 15.3. The second kappa shape index (κ2) is 7.04. The van der Waals surface area contributed by atoms with E-state index in [1.807, 2.05) is 6.92 Å². The summed E-state index contributed by atoms with van der Waals surface area (Å²) in [5.74, 6) is 0.612. The first-order chi connectivity index (χ1) is 9.64. The van der Waals surface area contributed by atoms with Gasteiger partial charge < -0.3 is 5.32 Å². The minimum atomic E-state index is -3.39. The molecule has 0 spiro atoms. The lowest BCUT2D eigenvalue weighted by atomic mass is 10.1. The summed E-state index contributed by atoms with van der Waals surface area (Å²) in [6.45, 7) is 3.93. The molecule has 0 amide bonds. The van der Waals surface area contributed by atoms with Crippen LogP contribution in [0.3, 0.4) is 0 Å². The summed E-state index contributed by atoms with van der Waals surface area (Å²) in [5.41, 5.74) is 0. The van der Waals surface area contributed by atoms with Crippen LogP contribution in [0.2, 0.25) is 0 Å². The molecule has 1 aliphatic heterocycles.